The Hall–Kier alpha value is -5.06. The summed E-state index contributed by atoms with van der Waals surface area (Å²) in [5, 5.41) is 10.6. The molecule has 0 bridgehead atoms. The van der Waals surface area contributed by atoms with Crippen molar-refractivity contribution in [2.45, 2.75) is 329 Å². The van der Waals surface area contributed by atoms with Gasteiger partial charge in [-0.05, 0) is 148 Å². The molecule has 0 aromatic rings. The van der Waals surface area contributed by atoms with E-state index in [9.17, 15) is 43.2 Å². The van der Waals surface area contributed by atoms with Crippen LogP contribution in [0.1, 0.15) is 310 Å². The van der Waals surface area contributed by atoms with Crippen molar-refractivity contribution in [1.82, 2.24) is 0 Å². The van der Waals surface area contributed by atoms with Crippen LogP contribution in [-0.4, -0.2) is 96.7 Å². The molecule has 0 aliphatic carbocycles. The third-order valence-electron chi connectivity index (χ3n) is 16.3. The van der Waals surface area contributed by atoms with Gasteiger partial charge < -0.3 is 33.8 Å². The second-order valence-electron chi connectivity index (χ2n) is 26.3. The highest BCUT2D eigenvalue weighted by Crippen LogP contribution is 2.45. The van der Waals surface area contributed by atoms with E-state index in [1.807, 2.05) is 12.2 Å². The number of phosphoric acid groups is 2. The Morgan fingerprint density at radius 2 is 0.538 bits per heavy atom. The number of carbonyl (C=O) groups excluding carboxylic acids is 4. The van der Waals surface area contributed by atoms with Gasteiger partial charge in [-0.3, -0.25) is 37.3 Å². The smallest absolute Gasteiger partial charge is 0.462 e. The average Bonchev–Trinajstić information content (AvgIpc) is 0.918. The lowest BCUT2D eigenvalue weighted by atomic mass is 10.1. The van der Waals surface area contributed by atoms with Gasteiger partial charge in [0.2, 0.25) is 0 Å². The van der Waals surface area contributed by atoms with Gasteiger partial charge in [0, 0.05) is 19.3 Å². The number of aliphatic hydroxyl groups excluding tert-OH is 1. The van der Waals surface area contributed by atoms with Gasteiger partial charge in [0.25, 0.3) is 0 Å². The number of rotatable bonds is 74. The molecule has 0 spiro atoms. The van der Waals surface area contributed by atoms with Crippen LogP contribution in [0, 0.1) is 0 Å². The Kier molecular flexibility index (Phi) is 72.4. The lowest BCUT2D eigenvalue weighted by molar-refractivity contribution is -0.161. The van der Waals surface area contributed by atoms with Crippen molar-refractivity contribution in [2.75, 3.05) is 39.6 Å². The van der Waals surface area contributed by atoms with Crippen molar-refractivity contribution < 1.29 is 80.2 Å². The molecule has 0 heterocycles. The van der Waals surface area contributed by atoms with Crippen LogP contribution in [0.5, 0.6) is 0 Å². The predicted octanol–water partition coefficient (Wildman–Crippen LogP) is 23.4. The van der Waals surface area contributed by atoms with Gasteiger partial charge in [-0.15, -0.1) is 0 Å². The number of hydrogen-bond donors (Lipinski definition) is 3. The summed E-state index contributed by atoms with van der Waals surface area (Å²) >= 11 is 0. The van der Waals surface area contributed by atoms with Gasteiger partial charge in [-0.1, -0.05) is 283 Å². The predicted molar refractivity (Wildman–Crippen MR) is 427 cm³/mol. The zero-order chi connectivity index (χ0) is 76.0. The number of hydrogen-bond acceptors (Lipinski definition) is 15. The lowest BCUT2D eigenvalue weighted by Gasteiger charge is -2.21. The number of carbonyl (C=O) groups is 4. The van der Waals surface area contributed by atoms with E-state index in [1.165, 1.54) is 77.0 Å². The van der Waals surface area contributed by atoms with Gasteiger partial charge in [-0.2, -0.15) is 0 Å². The highest BCUT2D eigenvalue weighted by atomic mass is 31.2. The summed E-state index contributed by atoms with van der Waals surface area (Å²) in [6, 6.07) is 0. The average molecular weight is 1500 g/mol. The van der Waals surface area contributed by atoms with E-state index >= 15 is 0 Å². The summed E-state index contributed by atoms with van der Waals surface area (Å²) in [5.41, 5.74) is 0. The summed E-state index contributed by atoms with van der Waals surface area (Å²) in [7, 11) is -10.0. The van der Waals surface area contributed by atoms with E-state index in [-0.39, 0.29) is 25.7 Å². The highest BCUT2D eigenvalue weighted by molar-refractivity contribution is 7.47. The third-order valence-corrected chi connectivity index (χ3v) is 18.2. The van der Waals surface area contributed by atoms with E-state index in [1.54, 1.807) is 12.2 Å². The maximum atomic E-state index is 13.1. The normalized spacial score (nSPS) is 14.6. The van der Waals surface area contributed by atoms with E-state index in [2.05, 4.69) is 149 Å². The lowest BCUT2D eigenvalue weighted by Crippen LogP contribution is -2.30. The number of allylic oxidation sites excluding steroid dienone is 23. The SMILES string of the molecule is CC/C=C\C/C=C\C/C=C\C/C=C\C/C=C\CCCCCC(=O)OCC(COP(=O)(O)OCC(O)COP(=O)(O)OCC(COC(=O)CCCCCCC/C=C\CCCCCCCC)OC(=O)CCCCCCC/C=C\CCCCCCCC)OC(=O)C/C=C\C/C=C\C/C=C\C/C=C\C/C=C\CC. The summed E-state index contributed by atoms with van der Waals surface area (Å²) in [6.45, 7) is 4.47. The van der Waals surface area contributed by atoms with Crippen molar-refractivity contribution in [3.63, 3.8) is 0 Å². The van der Waals surface area contributed by atoms with Crippen LogP contribution >= 0.6 is 15.6 Å². The fourth-order valence-corrected chi connectivity index (χ4v) is 11.8. The minimum absolute atomic E-state index is 0.0782. The molecule has 0 saturated heterocycles. The number of esters is 4. The fourth-order valence-electron chi connectivity index (χ4n) is 10.3. The maximum Gasteiger partial charge on any atom is 0.472 e. The minimum Gasteiger partial charge on any atom is -0.462 e. The summed E-state index contributed by atoms with van der Waals surface area (Å²) in [5.74, 6) is -2.38. The van der Waals surface area contributed by atoms with E-state index in [4.69, 9.17) is 37.0 Å². The van der Waals surface area contributed by atoms with Gasteiger partial charge in [0.15, 0.2) is 12.2 Å². The standard InChI is InChI=1S/C85H142O17P2/c1-5-9-13-17-21-25-29-33-37-38-39-40-44-46-50-54-58-62-66-70-83(88)96-76-81(102-85(90)72-68-64-60-56-52-48-43-36-32-28-24-20-16-12-8-4)78-100-104(93,94)98-74-79(86)73-97-103(91,92)99-77-80(101-84(89)71-67-63-59-55-51-47-42-35-31-27-23-19-15-11-7-3)75-95-82(87)69-65-61-57-53-49-45-41-34-30-26-22-18-14-10-6-2/h9,12-13,16,21,24-25,28,33-37,39-43,46,50,52,56,64,68,79-81,86H,5-8,10-11,14-15,17-20,22-23,26-27,29-32,38,44-45,47-49,51,53-55,57-63,65-67,69-78H2,1-4H3,(H,91,92)(H,93,94)/b13-9-,16-12-,25-21-,28-24-,37-33-,40-39-,41-34-,42-35-,43-36-,50-46-,56-52-,68-64-. The van der Waals surface area contributed by atoms with Gasteiger partial charge >= 0.3 is 39.5 Å². The molecule has 0 aromatic heterocycles. The zero-order valence-electron chi connectivity index (χ0n) is 64.9. The second-order valence-corrected chi connectivity index (χ2v) is 29.2. The number of unbranched alkanes of at least 4 members (excludes halogenated alkanes) is 25. The Morgan fingerprint density at radius 1 is 0.288 bits per heavy atom. The Bertz CT molecular complexity index is 2540. The highest BCUT2D eigenvalue weighted by Gasteiger charge is 2.30. The van der Waals surface area contributed by atoms with E-state index in [0.717, 1.165) is 154 Å². The first-order chi connectivity index (χ1) is 50.7. The molecule has 0 aliphatic heterocycles. The summed E-state index contributed by atoms with van der Waals surface area (Å²) < 4.78 is 68.4. The molecular weight excluding hydrogens is 1350 g/mol. The van der Waals surface area contributed by atoms with Crippen molar-refractivity contribution >= 4 is 39.5 Å². The molecule has 3 N–H and O–H groups in total. The van der Waals surface area contributed by atoms with Crippen LogP contribution in [-0.2, 0) is 65.4 Å². The second kappa shape index (κ2) is 76.1. The topological polar surface area (TPSA) is 237 Å². The first kappa shape index (κ1) is 98.9. The monoisotopic (exact) mass is 1500 g/mol. The molecule has 5 unspecified atom stereocenters. The van der Waals surface area contributed by atoms with Crippen LogP contribution in [0.25, 0.3) is 0 Å². The molecule has 594 valence electrons. The Morgan fingerprint density at radius 3 is 0.875 bits per heavy atom. The third kappa shape index (κ3) is 75.2. The van der Waals surface area contributed by atoms with Crippen LogP contribution in [0.4, 0.5) is 0 Å². The van der Waals surface area contributed by atoms with Crippen LogP contribution < -0.4 is 0 Å². The molecule has 0 amide bonds. The van der Waals surface area contributed by atoms with Crippen molar-refractivity contribution in [3.05, 3.63) is 146 Å². The van der Waals surface area contributed by atoms with Crippen LogP contribution in [0.15, 0.2) is 146 Å². The maximum absolute atomic E-state index is 13.1. The van der Waals surface area contributed by atoms with Crippen molar-refractivity contribution in [2.24, 2.45) is 0 Å². The number of phosphoric ester groups is 2. The summed E-state index contributed by atoms with van der Waals surface area (Å²) in [6.07, 6.45) is 87.2. The van der Waals surface area contributed by atoms with Crippen molar-refractivity contribution in [1.29, 1.82) is 0 Å². The molecule has 0 saturated carbocycles. The molecular formula is C85H142O17P2. The molecule has 0 radical (unpaired) electrons. The number of ether oxygens (including phenoxy) is 4. The van der Waals surface area contributed by atoms with Gasteiger partial charge in [0.1, 0.15) is 19.3 Å². The summed E-state index contributed by atoms with van der Waals surface area (Å²) in [4.78, 5) is 73.0. The van der Waals surface area contributed by atoms with Gasteiger partial charge in [0.05, 0.1) is 32.8 Å². The first-order valence-electron chi connectivity index (χ1n) is 40.1. The molecule has 0 aromatic carbocycles. The van der Waals surface area contributed by atoms with E-state index < -0.39 is 97.5 Å². The molecule has 19 heteroatoms. The Balaban J connectivity index is 5.47. The van der Waals surface area contributed by atoms with Crippen LogP contribution in [0.2, 0.25) is 0 Å². The molecule has 0 rings (SSSR count). The van der Waals surface area contributed by atoms with E-state index in [0.29, 0.717) is 25.7 Å². The fraction of sp³-hybridized carbons (Fsp3) is 0.671. The van der Waals surface area contributed by atoms with Crippen LogP contribution in [0.3, 0.4) is 0 Å². The minimum atomic E-state index is -5.02. The molecule has 0 aliphatic rings. The largest absolute Gasteiger partial charge is 0.472 e. The zero-order valence-corrected chi connectivity index (χ0v) is 66.7. The quantitative estimate of drug-likeness (QED) is 0.0169. The molecule has 104 heavy (non-hydrogen) atoms. The van der Waals surface area contributed by atoms with Gasteiger partial charge in [-0.25, -0.2) is 9.13 Å². The Labute approximate surface area is 630 Å². The molecule has 5 atom stereocenters. The number of aliphatic hydroxyl groups is 1. The first-order valence-corrected chi connectivity index (χ1v) is 43.1. The molecule has 0 fully saturated rings. The molecule has 17 nitrogen and oxygen atoms in total. The van der Waals surface area contributed by atoms with Crippen molar-refractivity contribution in [3.8, 4) is 0 Å².